The van der Waals surface area contributed by atoms with Crippen LogP contribution in [-0.2, 0) is 0 Å². The number of alkyl halides is 1. The smallest absolute Gasteiger partial charge is 0.220 e. The molecular formula is C19H17Cl2NO2. The molecule has 0 radical (unpaired) electrons. The van der Waals surface area contributed by atoms with Gasteiger partial charge in [-0.3, -0.25) is 0 Å². The van der Waals surface area contributed by atoms with Gasteiger partial charge in [0, 0.05) is 17.5 Å². The van der Waals surface area contributed by atoms with Crippen LogP contribution in [0.25, 0.3) is 23.3 Å². The molecule has 0 aliphatic heterocycles. The molecule has 0 saturated carbocycles. The van der Waals surface area contributed by atoms with E-state index in [9.17, 15) is 0 Å². The lowest BCUT2D eigenvalue weighted by Gasteiger charge is -2.10. The zero-order chi connectivity index (χ0) is 16.8. The molecule has 3 aromatic rings. The van der Waals surface area contributed by atoms with Gasteiger partial charge >= 0.3 is 0 Å². The van der Waals surface area contributed by atoms with Gasteiger partial charge in [0.15, 0.2) is 5.58 Å². The van der Waals surface area contributed by atoms with Crippen molar-refractivity contribution in [3.8, 4) is 5.75 Å². The number of hydrogen-bond acceptors (Lipinski definition) is 3. The maximum absolute atomic E-state index is 6.26. The Labute approximate surface area is 150 Å². The molecule has 0 saturated heterocycles. The summed E-state index contributed by atoms with van der Waals surface area (Å²) in [7, 11) is 0. The highest BCUT2D eigenvalue weighted by Gasteiger charge is 2.07. The zero-order valence-electron chi connectivity index (χ0n) is 13.0. The van der Waals surface area contributed by atoms with Gasteiger partial charge in [-0.2, -0.15) is 0 Å². The minimum absolute atomic E-state index is 0.546. The Morgan fingerprint density at radius 1 is 1.04 bits per heavy atom. The summed E-state index contributed by atoms with van der Waals surface area (Å²) in [5.74, 6) is 1.85. The van der Waals surface area contributed by atoms with Crippen molar-refractivity contribution in [3.05, 3.63) is 58.9 Å². The summed E-state index contributed by atoms with van der Waals surface area (Å²) in [5, 5.41) is 0.584. The molecule has 24 heavy (non-hydrogen) atoms. The number of aromatic nitrogens is 1. The number of nitrogens with zero attached hydrogens (tertiary/aromatic N) is 1. The van der Waals surface area contributed by atoms with E-state index in [0.29, 0.717) is 29.1 Å². The van der Waals surface area contributed by atoms with E-state index in [2.05, 4.69) is 4.98 Å². The second kappa shape index (κ2) is 8.22. The molecule has 0 N–H and O–H groups in total. The Kier molecular flexibility index (Phi) is 5.78. The molecule has 3 nitrogen and oxygen atoms in total. The SMILES string of the molecule is ClCCCCOc1c(Cl)cccc1/C=C/c1nc2ccccc2o1. The van der Waals surface area contributed by atoms with Crippen molar-refractivity contribution >= 4 is 46.5 Å². The molecule has 1 aromatic heterocycles. The maximum Gasteiger partial charge on any atom is 0.220 e. The Balaban J connectivity index is 1.79. The van der Waals surface area contributed by atoms with Crippen molar-refractivity contribution in [2.45, 2.75) is 12.8 Å². The predicted molar refractivity (Wildman–Crippen MR) is 99.8 cm³/mol. The summed E-state index contributed by atoms with van der Waals surface area (Å²) in [5.41, 5.74) is 2.48. The lowest BCUT2D eigenvalue weighted by atomic mass is 10.2. The molecule has 0 bridgehead atoms. The first-order valence-electron chi connectivity index (χ1n) is 7.79. The molecule has 1 heterocycles. The average Bonchev–Trinajstić information content (AvgIpc) is 3.01. The third-order valence-electron chi connectivity index (χ3n) is 3.49. The number of unbranched alkanes of at least 4 members (excludes halogenated alkanes) is 1. The summed E-state index contributed by atoms with van der Waals surface area (Å²) < 4.78 is 11.5. The Bertz CT molecular complexity index is 809. The van der Waals surface area contributed by atoms with Gasteiger partial charge in [-0.1, -0.05) is 35.9 Å². The Morgan fingerprint density at radius 3 is 2.75 bits per heavy atom. The first-order valence-corrected chi connectivity index (χ1v) is 8.70. The van der Waals surface area contributed by atoms with Crippen LogP contribution in [0.15, 0.2) is 46.9 Å². The first kappa shape index (κ1) is 16.9. The van der Waals surface area contributed by atoms with Crippen molar-refractivity contribution in [2.24, 2.45) is 0 Å². The highest BCUT2D eigenvalue weighted by atomic mass is 35.5. The molecule has 0 fully saturated rings. The molecule has 124 valence electrons. The van der Waals surface area contributed by atoms with E-state index >= 15 is 0 Å². The van der Waals surface area contributed by atoms with E-state index in [1.54, 1.807) is 0 Å². The molecule has 0 unspecified atom stereocenters. The molecule has 0 amide bonds. The van der Waals surface area contributed by atoms with Crippen LogP contribution >= 0.6 is 23.2 Å². The van der Waals surface area contributed by atoms with Gasteiger partial charge in [0.25, 0.3) is 0 Å². The monoisotopic (exact) mass is 361 g/mol. The number of fused-ring (bicyclic) bond motifs is 1. The van der Waals surface area contributed by atoms with Crippen LogP contribution in [0.3, 0.4) is 0 Å². The van der Waals surface area contributed by atoms with Crippen molar-refractivity contribution < 1.29 is 9.15 Å². The van der Waals surface area contributed by atoms with Gasteiger partial charge in [0.1, 0.15) is 11.3 Å². The fourth-order valence-electron chi connectivity index (χ4n) is 2.30. The van der Waals surface area contributed by atoms with Crippen LogP contribution in [0.5, 0.6) is 5.75 Å². The molecule has 3 rings (SSSR count). The summed E-state index contributed by atoms with van der Waals surface area (Å²) in [6.07, 6.45) is 5.52. The number of hydrogen-bond donors (Lipinski definition) is 0. The average molecular weight is 362 g/mol. The number of halogens is 2. The van der Waals surface area contributed by atoms with Gasteiger partial charge in [0.05, 0.1) is 11.6 Å². The minimum atomic E-state index is 0.546. The number of ether oxygens (including phenoxy) is 1. The second-order valence-electron chi connectivity index (χ2n) is 5.26. The topological polar surface area (TPSA) is 35.3 Å². The summed E-state index contributed by atoms with van der Waals surface area (Å²) in [6.45, 7) is 0.584. The van der Waals surface area contributed by atoms with Crippen molar-refractivity contribution in [2.75, 3.05) is 12.5 Å². The lowest BCUT2D eigenvalue weighted by Crippen LogP contribution is -1.99. The molecule has 0 spiro atoms. The highest BCUT2D eigenvalue weighted by molar-refractivity contribution is 6.32. The molecule has 5 heteroatoms. The largest absolute Gasteiger partial charge is 0.491 e. The van der Waals surface area contributed by atoms with Crippen molar-refractivity contribution in [1.29, 1.82) is 0 Å². The molecular weight excluding hydrogens is 345 g/mol. The Hall–Kier alpha value is -1.97. The van der Waals surface area contributed by atoms with E-state index in [1.165, 1.54) is 0 Å². The fraction of sp³-hybridized carbons (Fsp3) is 0.211. The lowest BCUT2D eigenvalue weighted by molar-refractivity contribution is 0.309. The van der Waals surface area contributed by atoms with E-state index in [0.717, 1.165) is 29.5 Å². The number of para-hydroxylation sites is 3. The van der Waals surface area contributed by atoms with Gasteiger partial charge in [0.2, 0.25) is 5.89 Å². The predicted octanol–water partition coefficient (Wildman–Crippen LogP) is 6.05. The van der Waals surface area contributed by atoms with Crippen LogP contribution in [-0.4, -0.2) is 17.5 Å². The highest BCUT2D eigenvalue weighted by Crippen LogP contribution is 2.30. The van der Waals surface area contributed by atoms with Crippen LogP contribution in [0.2, 0.25) is 5.02 Å². The quantitative estimate of drug-likeness (QED) is 0.379. The van der Waals surface area contributed by atoms with E-state index in [1.807, 2.05) is 54.6 Å². The minimum Gasteiger partial charge on any atom is -0.491 e. The zero-order valence-corrected chi connectivity index (χ0v) is 14.6. The van der Waals surface area contributed by atoms with Gasteiger partial charge in [-0.25, -0.2) is 4.98 Å². The van der Waals surface area contributed by atoms with Gasteiger partial charge in [-0.15, -0.1) is 11.6 Å². The summed E-state index contributed by atoms with van der Waals surface area (Å²) >= 11 is 12.0. The van der Waals surface area contributed by atoms with Crippen LogP contribution in [0.4, 0.5) is 0 Å². The van der Waals surface area contributed by atoms with Gasteiger partial charge in [-0.05, 0) is 37.1 Å². The summed E-state index contributed by atoms with van der Waals surface area (Å²) in [6, 6.07) is 13.3. The number of oxazole rings is 1. The first-order chi connectivity index (χ1) is 11.8. The number of benzene rings is 2. The van der Waals surface area contributed by atoms with E-state index in [4.69, 9.17) is 32.4 Å². The normalized spacial score (nSPS) is 11.4. The van der Waals surface area contributed by atoms with E-state index in [-0.39, 0.29) is 0 Å². The molecule has 0 aliphatic carbocycles. The molecule has 2 aromatic carbocycles. The second-order valence-corrected chi connectivity index (χ2v) is 6.04. The number of rotatable bonds is 7. The van der Waals surface area contributed by atoms with E-state index < -0.39 is 0 Å². The standard InChI is InChI=1S/C19H17Cl2NO2/c20-12-3-4-13-23-19-14(6-5-7-15(19)21)10-11-18-22-16-8-1-2-9-17(16)24-18/h1-2,5-11H,3-4,12-13H2/b11-10+. The van der Waals surface area contributed by atoms with Crippen LogP contribution < -0.4 is 4.74 Å². The van der Waals surface area contributed by atoms with Crippen LogP contribution in [0, 0.1) is 0 Å². The van der Waals surface area contributed by atoms with Crippen LogP contribution in [0.1, 0.15) is 24.3 Å². The Morgan fingerprint density at radius 2 is 1.92 bits per heavy atom. The van der Waals surface area contributed by atoms with Crippen molar-refractivity contribution in [1.82, 2.24) is 4.98 Å². The maximum atomic E-state index is 6.26. The fourth-order valence-corrected chi connectivity index (χ4v) is 2.73. The summed E-state index contributed by atoms with van der Waals surface area (Å²) in [4.78, 5) is 4.42. The third-order valence-corrected chi connectivity index (χ3v) is 4.05. The van der Waals surface area contributed by atoms with Gasteiger partial charge < -0.3 is 9.15 Å². The molecule has 0 atom stereocenters. The van der Waals surface area contributed by atoms with Crippen molar-refractivity contribution in [3.63, 3.8) is 0 Å². The molecule has 0 aliphatic rings. The third kappa shape index (κ3) is 4.11.